The summed E-state index contributed by atoms with van der Waals surface area (Å²) in [5.74, 6) is 3.62. The maximum absolute atomic E-state index is 5.96. The van der Waals surface area contributed by atoms with Crippen LogP contribution in [0.4, 0.5) is 0 Å². The van der Waals surface area contributed by atoms with Crippen molar-refractivity contribution in [2.24, 2.45) is 11.5 Å². The third kappa shape index (κ3) is 2.19. The molecule has 1 aliphatic carbocycles. The summed E-state index contributed by atoms with van der Waals surface area (Å²) in [6.45, 7) is 0.866. The van der Waals surface area contributed by atoms with Gasteiger partial charge in [0.05, 0.1) is 18.5 Å². The summed E-state index contributed by atoms with van der Waals surface area (Å²) < 4.78 is 11.9. The summed E-state index contributed by atoms with van der Waals surface area (Å²) in [5.41, 5.74) is 11.2. The van der Waals surface area contributed by atoms with Crippen molar-refractivity contribution in [3.63, 3.8) is 0 Å². The normalized spacial score (nSPS) is 18.3. The van der Waals surface area contributed by atoms with Gasteiger partial charge in [-0.2, -0.15) is 0 Å². The molecule has 0 saturated heterocycles. The van der Waals surface area contributed by atoms with Gasteiger partial charge in [-0.25, -0.2) is 0 Å². The third-order valence-electron chi connectivity index (χ3n) is 4.38. The lowest BCUT2D eigenvalue weighted by Gasteiger charge is -2.33. The van der Waals surface area contributed by atoms with Crippen LogP contribution in [0.3, 0.4) is 0 Å². The highest BCUT2D eigenvalue weighted by Gasteiger charge is 2.41. The van der Waals surface area contributed by atoms with Crippen LogP contribution < -0.4 is 11.5 Å². The van der Waals surface area contributed by atoms with Crippen LogP contribution in [-0.4, -0.2) is 0 Å². The molecule has 0 atom stereocenters. The molecule has 4 heteroatoms. The van der Waals surface area contributed by atoms with Crippen molar-refractivity contribution in [1.82, 2.24) is 0 Å². The van der Waals surface area contributed by atoms with Gasteiger partial charge in [0.25, 0.3) is 0 Å². The number of nitrogens with two attached hydrogens (primary N) is 2. The van der Waals surface area contributed by atoms with Gasteiger partial charge in [0.15, 0.2) is 0 Å². The predicted octanol–water partition coefficient (Wildman–Crippen LogP) is 3.04. The zero-order chi connectivity index (χ0) is 14.0. The van der Waals surface area contributed by atoms with Gasteiger partial charge >= 0.3 is 0 Å². The van der Waals surface area contributed by atoms with Crippen LogP contribution in [0.1, 0.15) is 55.1 Å². The van der Waals surface area contributed by atoms with Crippen molar-refractivity contribution in [3.05, 3.63) is 47.3 Å². The van der Waals surface area contributed by atoms with Crippen LogP contribution in [0, 0.1) is 0 Å². The molecule has 1 aliphatic rings. The fraction of sp³-hybridized carbons (Fsp3) is 0.500. The van der Waals surface area contributed by atoms with Crippen LogP contribution >= 0.6 is 0 Å². The van der Waals surface area contributed by atoms with Crippen LogP contribution in [0.5, 0.6) is 0 Å². The molecule has 4 N–H and O–H groups in total. The summed E-state index contributed by atoms with van der Waals surface area (Å²) in [6, 6.07) is 8.05. The van der Waals surface area contributed by atoms with Crippen molar-refractivity contribution in [2.75, 3.05) is 0 Å². The summed E-state index contributed by atoms with van der Waals surface area (Å²) in [7, 11) is 0. The molecule has 0 radical (unpaired) electrons. The molecule has 0 unspecified atom stereocenters. The van der Waals surface area contributed by atoms with E-state index < -0.39 is 0 Å². The molecule has 2 aromatic heterocycles. The maximum atomic E-state index is 5.96. The molecule has 0 aliphatic heterocycles. The molecule has 0 spiro atoms. The second kappa shape index (κ2) is 5.46. The first-order valence-corrected chi connectivity index (χ1v) is 7.37. The minimum Gasteiger partial charge on any atom is -0.464 e. The molecule has 0 amide bonds. The third-order valence-corrected chi connectivity index (χ3v) is 4.38. The van der Waals surface area contributed by atoms with Crippen molar-refractivity contribution < 1.29 is 8.83 Å². The SMILES string of the molecule is NCc1ccc(C2(c3ccc(CN)o3)CCCCC2)o1. The molecule has 4 nitrogen and oxygen atoms in total. The quantitative estimate of drug-likeness (QED) is 0.898. The second-order valence-corrected chi connectivity index (χ2v) is 5.58. The molecule has 0 bridgehead atoms. The fourth-order valence-corrected chi connectivity index (χ4v) is 3.26. The molecule has 1 saturated carbocycles. The van der Waals surface area contributed by atoms with Crippen molar-refractivity contribution >= 4 is 0 Å². The number of furan rings is 2. The Labute approximate surface area is 119 Å². The lowest BCUT2D eigenvalue weighted by Crippen LogP contribution is -2.29. The minimum absolute atomic E-state index is 0.140. The zero-order valence-electron chi connectivity index (χ0n) is 11.7. The highest BCUT2D eigenvalue weighted by Crippen LogP contribution is 2.45. The highest BCUT2D eigenvalue weighted by atomic mass is 16.4. The smallest absolute Gasteiger partial charge is 0.117 e. The Balaban J connectivity index is 2.03. The number of hydrogen-bond donors (Lipinski definition) is 2. The largest absolute Gasteiger partial charge is 0.464 e. The second-order valence-electron chi connectivity index (χ2n) is 5.58. The van der Waals surface area contributed by atoms with Crippen LogP contribution in [0.2, 0.25) is 0 Å². The Bertz CT molecular complexity index is 520. The first-order valence-electron chi connectivity index (χ1n) is 7.37. The van der Waals surface area contributed by atoms with Gasteiger partial charge in [-0.15, -0.1) is 0 Å². The molecule has 108 valence electrons. The maximum Gasteiger partial charge on any atom is 0.117 e. The predicted molar refractivity (Wildman–Crippen MR) is 77.1 cm³/mol. The van der Waals surface area contributed by atoms with Gasteiger partial charge in [-0.3, -0.25) is 0 Å². The molecule has 2 aromatic rings. The average Bonchev–Trinajstić information content (AvgIpc) is 3.17. The van der Waals surface area contributed by atoms with Gasteiger partial charge in [0.2, 0.25) is 0 Å². The molecule has 1 fully saturated rings. The van der Waals surface area contributed by atoms with E-state index in [1.807, 2.05) is 12.1 Å². The highest BCUT2D eigenvalue weighted by molar-refractivity contribution is 5.31. The summed E-state index contributed by atoms with van der Waals surface area (Å²) in [5, 5.41) is 0. The van der Waals surface area contributed by atoms with E-state index in [0.29, 0.717) is 13.1 Å². The van der Waals surface area contributed by atoms with Gasteiger partial charge < -0.3 is 20.3 Å². The Kier molecular flexibility index (Phi) is 3.68. The Morgan fingerprint density at radius 3 is 1.70 bits per heavy atom. The number of hydrogen-bond acceptors (Lipinski definition) is 4. The van der Waals surface area contributed by atoms with Gasteiger partial charge in [-0.05, 0) is 37.1 Å². The van der Waals surface area contributed by atoms with E-state index in [1.54, 1.807) is 0 Å². The molecule has 20 heavy (non-hydrogen) atoms. The van der Waals surface area contributed by atoms with Crippen LogP contribution in [0.25, 0.3) is 0 Å². The van der Waals surface area contributed by atoms with Crippen molar-refractivity contribution in [2.45, 2.75) is 50.6 Å². The number of rotatable bonds is 4. The van der Waals surface area contributed by atoms with Crippen LogP contribution in [0.15, 0.2) is 33.1 Å². The Morgan fingerprint density at radius 1 is 0.800 bits per heavy atom. The van der Waals surface area contributed by atoms with Gasteiger partial charge in [0.1, 0.15) is 23.0 Å². The van der Waals surface area contributed by atoms with Crippen LogP contribution in [-0.2, 0) is 18.5 Å². The molecule has 0 aromatic carbocycles. The summed E-state index contributed by atoms with van der Waals surface area (Å²) >= 11 is 0. The van der Waals surface area contributed by atoms with Crippen molar-refractivity contribution in [3.8, 4) is 0 Å². The van der Waals surface area contributed by atoms with Gasteiger partial charge in [-0.1, -0.05) is 19.3 Å². The topological polar surface area (TPSA) is 78.3 Å². The van der Waals surface area contributed by atoms with E-state index in [0.717, 1.165) is 35.9 Å². The van der Waals surface area contributed by atoms with E-state index >= 15 is 0 Å². The van der Waals surface area contributed by atoms with Crippen molar-refractivity contribution in [1.29, 1.82) is 0 Å². The first kappa shape index (κ1) is 13.5. The minimum atomic E-state index is -0.140. The standard InChI is InChI=1S/C16H22N2O2/c17-10-12-4-6-14(19-12)16(8-2-1-3-9-16)15-7-5-13(11-18)20-15/h4-7H,1-3,8-11,17-18H2. The Morgan fingerprint density at radius 2 is 1.30 bits per heavy atom. The van der Waals surface area contributed by atoms with E-state index in [9.17, 15) is 0 Å². The Hall–Kier alpha value is -1.52. The summed E-state index contributed by atoms with van der Waals surface area (Å²) in [6.07, 6.45) is 5.77. The lowest BCUT2D eigenvalue weighted by molar-refractivity contribution is 0.240. The van der Waals surface area contributed by atoms with E-state index in [-0.39, 0.29) is 5.41 Å². The molecule has 2 heterocycles. The van der Waals surface area contributed by atoms with Gasteiger partial charge in [0, 0.05) is 0 Å². The fourth-order valence-electron chi connectivity index (χ4n) is 3.26. The molecular weight excluding hydrogens is 252 g/mol. The zero-order valence-corrected chi connectivity index (χ0v) is 11.7. The monoisotopic (exact) mass is 274 g/mol. The van der Waals surface area contributed by atoms with E-state index in [1.165, 1.54) is 19.3 Å². The molecule has 3 rings (SSSR count). The first-order chi connectivity index (χ1) is 9.78. The van der Waals surface area contributed by atoms with E-state index in [4.69, 9.17) is 20.3 Å². The average molecular weight is 274 g/mol. The van der Waals surface area contributed by atoms with E-state index in [2.05, 4.69) is 12.1 Å². The summed E-state index contributed by atoms with van der Waals surface area (Å²) in [4.78, 5) is 0. The lowest BCUT2D eigenvalue weighted by atomic mass is 9.70. The molecular formula is C16H22N2O2.